The van der Waals surface area contributed by atoms with Crippen LogP contribution in [0.4, 0.5) is 0 Å². The molecule has 1 nitrogen and oxygen atoms in total. The predicted octanol–water partition coefficient (Wildman–Crippen LogP) is 5.20. The summed E-state index contributed by atoms with van der Waals surface area (Å²) in [5.74, 6) is 0.943. The molecule has 0 saturated heterocycles. The van der Waals surface area contributed by atoms with Gasteiger partial charge in [0.2, 0.25) is 0 Å². The van der Waals surface area contributed by atoms with Crippen molar-refractivity contribution in [2.24, 2.45) is 0 Å². The number of rotatable bonds is 4. The first kappa shape index (κ1) is 14.9. The Bertz CT molecular complexity index is 564. The zero-order valence-corrected chi connectivity index (χ0v) is 13.3. The smallest absolute Gasteiger partial charge is 0.124 e. The summed E-state index contributed by atoms with van der Waals surface area (Å²) in [5.41, 5.74) is 5.83. The van der Waals surface area contributed by atoms with Crippen molar-refractivity contribution in [1.82, 2.24) is 0 Å². The maximum Gasteiger partial charge on any atom is 0.124 e. The van der Waals surface area contributed by atoms with Gasteiger partial charge in [-0.2, -0.15) is 0 Å². The van der Waals surface area contributed by atoms with Gasteiger partial charge in [-0.05, 0) is 48.1 Å². The summed E-state index contributed by atoms with van der Waals surface area (Å²) < 4.78 is 5.40. The number of ether oxygens (including phenoxy) is 1. The van der Waals surface area contributed by atoms with Gasteiger partial charge in [0.05, 0.1) is 12.5 Å². The summed E-state index contributed by atoms with van der Waals surface area (Å²) in [6.07, 6.45) is 1.05. The number of benzene rings is 2. The number of hydrogen-bond acceptors (Lipinski definition) is 1. The van der Waals surface area contributed by atoms with Crippen LogP contribution in [0.1, 0.15) is 40.1 Å². The van der Waals surface area contributed by atoms with Gasteiger partial charge in [-0.15, -0.1) is 11.6 Å². The van der Waals surface area contributed by atoms with Crippen molar-refractivity contribution in [2.45, 2.75) is 32.6 Å². The lowest BCUT2D eigenvalue weighted by molar-refractivity contribution is 0.408. The summed E-state index contributed by atoms with van der Waals surface area (Å²) in [6, 6.07) is 12.7. The van der Waals surface area contributed by atoms with E-state index in [1.807, 2.05) is 0 Å². The summed E-state index contributed by atoms with van der Waals surface area (Å²) >= 11 is 6.63. The van der Waals surface area contributed by atoms with Crippen LogP contribution in [-0.2, 0) is 6.42 Å². The summed E-state index contributed by atoms with van der Waals surface area (Å²) in [5, 5.41) is -0.121. The van der Waals surface area contributed by atoms with Gasteiger partial charge >= 0.3 is 0 Å². The van der Waals surface area contributed by atoms with Crippen molar-refractivity contribution < 1.29 is 4.74 Å². The standard InChI is InChI=1S/C18H21ClO/c1-5-14-6-8-15(9-7-14)17(19)16-10-12(2)18(20-4)13(3)11-16/h6-11,17H,5H2,1-4H3. The van der Waals surface area contributed by atoms with E-state index in [2.05, 4.69) is 57.2 Å². The van der Waals surface area contributed by atoms with E-state index >= 15 is 0 Å². The third-order valence-electron chi connectivity index (χ3n) is 3.66. The Kier molecular flexibility index (Phi) is 4.72. The van der Waals surface area contributed by atoms with Gasteiger partial charge in [0.1, 0.15) is 5.75 Å². The zero-order valence-electron chi connectivity index (χ0n) is 12.5. The highest BCUT2D eigenvalue weighted by molar-refractivity contribution is 6.22. The minimum absolute atomic E-state index is 0.121. The molecule has 0 saturated carbocycles. The molecule has 0 aliphatic carbocycles. The predicted molar refractivity (Wildman–Crippen MR) is 86.0 cm³/mol. The summed E-state index contributed by atoms with van der Waals surface area (Å²) in [6.45, 7) is 6.27. The van der Waals surface area contributed by atoms with Gasteiger partial charge in [-0.3, -0.25) is 0 Å². The minimum atomic E-state index is -0.121. The van der Waals surface area contributed by atoms with E-state index in [9.17, 15) is 0 Å². The number of methoxy groups -OCH3 is 1. The number of aryl methyl sites for hydroxylation is 3. The first-order valence-corrected chi connectivity index (χ1v) is 7.38. The van der Waals surface area contributed by atoms with E-state index < -0.39 is 0 Å². The lowest BCUT2D eigenvalue weighted by atomic mass is 9.98. The molecule has 1 atom stereocenters. The monoisotopic (exact) mass is 288 g/mol. The molecular formula is C18H21ClO. The van der Waals surface area contributed by atoms with Crippen molar-refractivity contribution in [2.75, 3.05) is 7.11 Å². The molecule has 0 aliphatic heterocycles. The lowest BCUT2D eigenvalue weighted by Crippen LogP contribution is -1.98. The second-order valence-corrected chi connectivity index (χ2v) is 5.58. The normalized spacial score (nSPS) is 12.2. The van der Waals surface area contributed by atoms with E-state index in [0.717, 1.165) is 34.4 Å². The Labute approximate surface area is 126 Å². The van der Waals surface area contributed by atoms with Gasteiger partial charge in [0.25, 0.3) is 0 Å². The van der Waals surface area contributed by atoms with Crippen LogP contribution in [0.3, 0.4) is 0 Å². The first-order valence-electron chi connectivity index (χ1n) is 6.94. The van der Waals surface area contributed by atoms with Crippen molar-refractivity contribution in [3.63, 3.8) is 0 Å². The second kappa shape index (κ2) is 6.32. The van der Waals surface area contributed by atoms with Crippen LogP contribution in [0.25, 0.3) is 0 Å². The lowest BCUT2D eigenvalue weighted by Gasteiger charge is -2.15. The third-order valence-corrected chi connectivity index (χ3v) is 4.16. The molecule has 2 aromatic carbocycles. The van der Waals surface area contributed by atoms with Gasteiger partial charge in [-0.25, -0.2) is 0 Å². The molecular weight excluding hydrogens is 268 g/mol. The molecule has 0 aliphatic rings. The van der Waals surface area contributed by atoms with E-state index in [0.29, 0.717) is 0 Å². The van der Waals surface area contributed by atoms with Crippen LogP contribution in [-0.4, -0.2) is 7.11 Å². The molecule has 0 amide bonds. The molecule has 106 valence electrons. The molecule has 0 fully saturated rings. The minimum Gasteiger partial charge on any atom is -0.496 e. The average Bonchev–Trinajstić information content (AvgIpc) is 2.46. The Hall–Kier alpha value is -1.47. The van der Waals surface area contributed by atoms with Gasteiger partial charge in [-0.1, -0.05) is 43.3 Å². The fourth-order valence-electron chi connectivity index (χ4n) is 2.57. The van der Waals surface area contributed by atoms with E-state index in [1.165, 1.54) is 5.56 Å². The van der Waals surface area contributed by atoms with Crippen LogP contribution in [0.15, 0.2) is 36.4 Å². The van der Waals surface area contributed by atoms with Crippen LogP contribution < -0.4 is 4.74 Å². The molecule has 2 rings (SSSR count). The van der Waals surface area contributed by atoms with Crippen LogP contribution >= 0.6 is 11.6 Å². The van der Waals surface area contributed by atoms with Crippen molar-refractivity contribution in [3.05, 3.63) is 64.2 Å². The van der Waals surface area contributed by atoms with Gasteiger partial charge in [0.15, 0.2) is 0 Å². The maximum absolute atomic E-state index is 6.63. The van der Waals surface area contributed by atoms with Crippen molar-refractivity contribution >= 4 is 11.6 Å². The Morgan fingerprint density at radius 3 is 2.00 bits per heavy atom. The maximum atomic E-state index is 6.63. The number of halogens is 1. The summed E-state index contributed by atoms with van der Waals surface area (Å²) in [7, 11) is 1.71. The highest BCUT2D eigenvalue weighted by atomic mass is 35.5. The van der Waals surface area contributed by atoms with Crippen molar-refractivity contribution in [1.29, 1.82) is 0 Å². The Balaban J connectivity index is 2.34. The fraction of sp³-hybridized carbons (Fsp3) is 0.333. The van der Waals surface area contributed by atoms with E-state index in [1.54, 1.807) is 7.11 Å². The largest absolute Gasteiger partial charge is 0.496 e. The molecule has 0 radical (unpaired) electrons. The molecule has 0 bridgehead atoms. The topological polar surface area (TPSA) is 9.23 Å². The fourth-order valence-corrected chi connectivity index (χ4v) is 2.84. The Morgan fingerprint density at radius 2 is 1.55 bits per heavy atom. The van der Waals surface area contributed by atoms with Crippen LogP contribution in [0.2, 0.25) is 0 Å². The summed E-state index contributed by atoms with van der Waals surface area (Å²) in [4.78, 5) is 0. The molecule has 2 heteroatoms. The SMILES string of the molecule is CCc1ccc(C(Cl)c2cc(C)c(OC)c(C)c2)cc1. The highest BCUT2D eigenvalue weighted by Crippen LogP contribution is 2.33. The zero-order chi connectivity index (χ0) is 14.7. The quantitative estimate of drug-likeness (QED) is 0.702. The highest BCUT2D eigenvalue weighted by Gasteiger charge is 2.14. The Morgan fingerprint density at radius 1 is 1.00 bits per heavy atom. The molecule has 1 unspecified atom stereocenters. The molecule has 2 aromatic rings. The second-order valence-electron chi connectivity index (χ2n) is 5.15. The molecule has 0 spiro atoms. The van der Waals surface area contributed by atoms with Crippen LogP contribution in [0, 0.1) is 13.8 Å². The van der Waals surface area contributed by atoms with E-state index in [-0.39, 0.29) is 5.38 Å². The van der Waals surface area contributed by atoms with Gasteiger partial charge < -0.3 is 4.74 Å². The average molecular weight is 289 g/mol. The molecule has 20 heavy (non-hydrogen) atoms. The molecule has 0 aromatic heterocycles. The molecule has 0 N–H and O–H groups in total. The van der Waals surface area contributed by atoms with E-state index in [4.69, 9.17) is 16.3 Å². The van der Waals surface area contributed by atoms with Crippen LogP contribution in [0.5, 0.6) is 5.75 Å². The number of hydrogen-bond donors (Lipinski definition) is 0. The van der Waals surface area contributed by atoms with Crippen molar-refractivity contribution in [3.8, 4) is 5.75 Å². The third kappa shape index (κ3) is 2.99. The van der Waals surface area contributed by atoms with Gasteiger partial charge in [0, 0.05) is 0 Å². The molecule has 0 heterocycles. The first-order chi connectivity index (χ1) is 9.56. The number of alkyl halides is 1.